The molecule has 8 nitrogen and oxygen atoms in total. The summed E-state index contributed by atoms with van der Waals surface area (Å²) in [5, 5.41) is 14.1. The second-order valence-corrected chi connectivity index (χ2v) is 10.3. The van der Waals surface area contributed by atoms with E-state index in [4.69, 9.17) is 40.4 Å². The quantitative estimate of drug-likeness (QED) is 0.0418. The summed E-state index contributed by atoms with van der Waals surface area (Å²) in [5.41, 5.74) is 7.47. The topological polar surface area (TPSA) is 105 Å². The molecule has 5 rings (SSSR count). The van der Waals surface area contributed by atoms with Crippen LogP contribution in [0.4, 0.5) is 0 Å². The van der Waals surface area contributed by atoms with Gasteiger partial charge in [-0.15, -0.1) is 21.8 Å². The van der Waals surface area contributed by atoms with Crippen molar-refractivity contribution in [2.45, 2.75) is 56.4 Å². The minimum Gasteiger partial charge on any atom is -0.443 e. The van der Waals surface area contributed by atoms with Gasteiger partial charge in [0.1, 0.15) is 11.5 Å². The molecule has 53 heavy (non-hydrogen) atoms. The minimum absolute atomic E-state index is 0. The van der Waals surface area contributed by atoms with Gasteiger partial charge in [0, 0.05) is 31.5 Å². The molecule has 0 bridgehead atoms. The maximum Gasteiger partial charge on any atom is 2.00 e. The molecular weight excluding hydrogens is 1200 g/mol. The van der Waals surface area contributed by atoms with Crippen molar-refractivity contribution >= 4 is 50.0 Å². The number of Topliss-reactive ketones (excluding diaryl/α,β-unsaturated/α-hetero) is 1. The summed E-state index contributed by atoms with van der Waals surface area (Å²) in [6.45, 7) is 23.4. The van der Waals surface area contributed by atoms with Crippen LogP contribution < -0.4 is 0 Å². The number of carbonyl (C=O) groups is 2. The molecule has 0 saturated carbocycles. The van der Waals surface area contributed by atoms with E-state index >= 15 is 0 Å². The van der Waals surface area contributed by atoms with Crippen molar-refractivity contribution in [3.63, 3.8) is 0 Å². The SMILES string of the molecule is C.C.CC(Cl)=NO.CC=O.Cc1c[c-]c(-c2[c-]c(C)no2)cc1.[2H][2H].[B][B].[CH-]=C(c1[c-]cc(C)cc1)N1CCOCC1.[CH2-]C(=O)c1[c-]cc(C)cc1.[W+2].[W+2].[W+2]. The van der Waals surface area contributed by atoms with Crippen molar-refractivity contribution < 1.29 is 90.2 Å². The number of hydrogen-bond donors (Lipinski definition) is 1. The number of aryl methyl sites for hydroxylation is 4. The van der Waals surface area contributed by atoms with Gasteiger partial charge >= 0.3 is 63.2 Å². The third-order valence-corrected chi connectivity index (χ3v) is 5.86. The van der Waals surface area contributed by atoms with Gasteiger partial charge in [-0.1, -0.05) is 63.9 Å². The molecule has 1 aromatic heterocycles. The first kappa shape index (κ1) is 59.8. The summed E-state index contributed by atoms with van der Waals surface area (Å²) in [4.78, 5) is 21.6. The van der Waals surface area contributed by atoms with Gasteiger partial charge < -0.3 is 35.5 Å². The van der Waals surface area contributed by atoms with Crippen LogP contribution in [0.5, 0.6) is 0 Å². The molecule has 1 aliphatic heterocycles. The molecule has 0 spiro atoms. The molecular formula is C39H50B2ClN3O5W3. The summed E-state index contributed by atoms with van der Waals surface area (Å²) < 4.78 is 20.3. The van der Waals surface area contributed by atoms with Crippen molar-refractivity contribution in [2.24, 2.45) is 5.16 Å². The molecule has 0 amide bonds. The summed E-state index contributed by atoms with van der Waals surface area (Å²) in [6, 6.07) is 29.4. The molecule has 2 heterocycles. The van der Waals surface area contributed by atoms with Crippen molar-refractivity contribution in [3.8, 4) is 11.3 Å². The molecule has 0 aliphatic carbocycles. The van der Waals surface area contributed by atoms with Crippen LogP contribution in [0.2, 0.25) is 0 Å². The van der Waals surface area contributed by atoms with E-state index in [0.717, 1.165) is 60.7 Å². The van der Waals surface area contributed by atoms with Gasteiger partial charge in [0.05, 0.1) is 13.2 Å². The average Bonchev–Trinajstić information content (AvgIpc) is 3.58. The van der Waals surface area contributed by atoms with Crippen molar-refractivity contribution in [1.29, 1.82) is 0 Å². The number of nitrogens with zero attached hydrogens (tertiary/aromatic N) is 3. The summed E-state index contributed by atoms with van der Waals surface area (Å²) in [6.07, 6.45) is 0.750. The fraction of sp³-hybridized carbons (Fsp3) is 0.308. The second kappa shape index (κ2) is 37.8. The molecule has 14 heteroatoms. The zero-order chi connectivity index (χ0) is 38.5. The van der Waals surface area contributed by atoms with E-state index in [1.807, 2.05) is 64.1 Å². The van der Waals surface area contributed by atoms with Crippen LogP contribution in [0.3, 0.4) is 0 Å². The van der Waals surface area contributed by atoms with Crippen LogP contribution in [-0.4, -0.2) is 74.3 Å². The van der Waals surface area contributed by atoms with E-state index in [0.29, 0.717) is 11.3 Å². The van der Waals surface area contributed by atoms with Crippen LogP contribution in [0, 0.1) is 65.5 Å². The number of carbonyl (C=O) groups excluding carboxylic acids is 2. The molecule has 0 unspecified atom stereocenters. The predicted octanol–water partition coefficient (Wildman–Crippen LogP) is 8.26. The maximum absolute atomic E-state index is 10.6. The normalized spacial score (nSPS) is 10.5. The Balaban J connectivity index is -0.000000107. The van der Waals surface area contributed by atoms with E-state index in [1.54, 1.807) is 12.1 Å². The van der Waals surface area contributed by atoms with Crippen molar-refractivity contribution in [2.75, 3.05) is 26.3 Å². The molecule has 4 radical (unpaired) electrons. The Bertz CT molecular complexity index is 1530. The van der Waals surface area contributed by atoms with Crippen LogP contribution in [0.15, 0.2) is 64.3 Å². The number of hydrogen-bond acceptors (Lipinski definition) is 8. The Morgan fingerprint density at radius 1 is 0.962 bits per heavy atom. The molecule has 3 aromatic carbocycles. The van der Waals surface area contributed by atoms with E-state index in [9.17, 15) is 4.79 Å². The summed E-state index contributed by atoms with van der Waals surface area (Å²) >= 11 is 4.96. The van der Waals surface area contributed by atoms with E-state index < -0.39 is 0 Å². The summed E-state index contributed by atoms with van der Waals surface area (Å²) in [5.74, 6) is 0.470. The molecule has 1 aliphatic rings. The Morgan fingerprint density at radius 2 is 1.38 bits per heavy atom. The maximum atomic E-state index is 10.6. The Kier molecular flexibility index (Phi) is 42.7. The molecule has 1 N–H and O–H groups in total. The Labute approximate surface area is 372 Å². The Hall–Kier alpha value is -2.47. The van der Waals surface area contributed by atoms with Crippen LogP contribution in [0.25, 0.3) is 17.0 Å². The third-order valence-electron chi connectivity index (χ3n) is 5.78. The monoisotopic (exact) mass is 1250 g/mol. The average molecular weight is 1250 g/mol. The fourth-order valence-electron chi connectivity index (χ4n) is 3.40. The van der Waals surface area contributed by atoms with Gasteiger partial charge in [0.15, 0.2) is 0 Å². The van der Waals surface area contributed by atoms with Gasteiger partial charge in [-0.05, 0) is 26.5 Å². The fourth-order valence-corrected chi connectivity index (χ4v) is 3.40. The Morgan fingerprint density at radius 3 is 1.70 bits per heavy atom. The van der Waals surface area contributed by atoms with Gasteiger partial charge in [-0.25, -0.2) is 55.1 Å². The zero-order valence-corrected chi connectivity index (χ0v) is 39.1. The van der Waals surface area contributed by atoms with Gasteiger partial charge in [0.25, 0.3) is 0 Å². The first-order chi connectivity index (χ1) is 23.9. The number of rotatable bonds is 4. The van der Waals surface area contributed by atoms with Gasteiger partial charge in [-0.3, -0.25) is 16.7 Å². The van der Waals surface area contributed by atoms with Crippen molar-refractivity contribution in [3.05, 3.63) is 126 Å². The number of oxime groups is 1. The van der Waals surface area contributed by atoms with Crippen molar-refractivity contribution in [1.82, 2.24) is 10.1 Å². The number of aldehydes is 1. The molecule has 1 saturated heterocycles. The molecule has 0 atom stereocenters. The number of benzene rings is 3. The van der Waals surface area contributed by atoms with Crippen LogP contribution >= 0.6 is 11.6 Å². The number of ether oxygens (including phenoxy) is 1. The standard InChI is InChI=1S/C13H15NO.C11H9NO.C9H8O.C2H4ClNO.C2H4O.2CH4.B2.3W.H2/c1-11-3-5-13(6-4-11)12(2)14-7-9-15-10-8-14;1-8-3-5-10(6-4-8)11-7-9(2)12-13-11;1-7-3-5-9(6-4-7)8(2)10;1-2(3)4-5;1-2-3;;;1-2;;;;/h2-5H,7-10H2,1H3;3-5H,1-2H3;3-5H,2H2,1H3;5H,1H3;2H,1H3;2*1H4;;;;;1H/q3*-2;;;;;;3*+2;/i;;;;;;;;;;;1+1D. The van der Waals surface area contributed by atoms with E-state index in [-0.39, 0.29) is 89.0 Å². The van der Waals surface area contributed by atoms with Crippen LogP contribution in [-0.2, 0) is 72.7 Å². The number of aromatic nitrogens is 1. The largest absolute Gasteiger partial charge is 2.00 e. The molecule has 1 fully saturated rings. The first-order valence-corrected chi connectivity index (χ1v) is 15.0. The van der Waals surface area contributed by atoms with E-state index in [2.05, 4.69) is 67.9 Å². The number of morpholine rings is 1. The number of ketones is 1. The van der Waals surface area contributed by atoms with Crippen LogP contribution in [0.1, 0.15) is 70.0 Å². The summed E-state index contributed by atoms with van der Waals surface area (Å²) in [7, 11) is 8.00. The van der Waals surface area contributed by atoms with E-state index in [1.165, 1.54) is 25.0 Å². The molecule has 282 valence electrons. The molecule has 4 aromatic rings. The van der Waals surface area contributed by atoms with Gasteiger partial charge in [-0.2, -0.15) is 36.4 Å². The minimum atomic E-state index is -0.181. The number of halogens is 1. The zero-order valence-electron chi connectivity index (χ0n) is 31.6. The first-order valence-electron chi connectivity index (χ1n) is 15.6. The smallest absolute Gasteiger partial charge is 0.443 e. The second-order valence-electron chi connectivity index (χ2n) is 9.80. The van der Waals surface area contributed by atoms with Gasteiger partial charge in [0.2, 0.25) is 0 Å². The third kappa shape index (κ3) is 28.6. The predicted molar refractivity (Wildman–Crippen MR) is 208 cm³/mol.